The number of fused-ring (bicyclic) bond motifs is 5. The van der Waals surface area contributed by atoms with E-state index in [1.54, 1.807) is 6.26 Å². The van der Waals surface area contributed by atoms with E-state index in [-0.39, 0.29) is 0 Å². The molecule has 0 N–H and O–H groups in total. The summed E-state index contributed by atoms with van der Waals surface area (Å²) in [6.07, 6.45) is 2.72. The van der Waals surface area contributed by atoms with E-state index in [4.69, 9.17) is 4.42 Å². The van der Waals surface area contributed by atoms with Crippen LogP contribution in [0.2, 0.25) is 0 Å². The van der Waals surface area contributed by atoms with E-state index in [0.29, 0.717) is 0 Å². The topological polar surface area (TPSA) is 13.1 Å². The maximum atomic E-state index is 5.51. The van der Waals surface area contributed by atoms with Crippen LogP contribution < -0.4 is 0 Å². The molecule has 3 aromatic rings. The van der Waals surface area contributed by atoms with Crippen molar-refractivity contribution in [3.05, 3.63) is 60.1 Å². The molecule has 0 saturated carbocycles. The lowest BCUT2D eigenvalue weighted by molar-refractivity contribution is 0.525. The summed E-state index contributed by atoms with van der Waals surface area (Å²) in [5.41, 5.74) is 4.02. The Morgan fingerprint density at radius 2 is 1.88 bits per heavy atom. The van der Waals surface area contributed by atoms with Crippen molar-refractivity contribution in [1.29, 1.82) is 0 Å². The minimum absolute atomic E-state index is 0.933. The Kier molecular flexibility index (Phi) is 1.41. The van der Waals surface area contributed by atoms with Crippen LogP contribution in [0.3, 0.4) is 0 Å². The van der Waals surface area contributed by atoms with Gasteiger partial charge >= 0.3 is 0 Å². The van der Waals surface area contributed by atoms with Crippen molar-refractivity contribution in [3.63, 3.8) is 0 Å². The first-order valence-electron chi connectivity index (χ1n) is 5.51. The van der Waals surface area contributed by atoms with Crippen LogP contribution in [0, 0.1) is 0 Å². The minimum Gasteiger partial charge on any atom is -0.468 e. The van der Waals surface area contributed by atoms with Crippen LogP contribution in [-0.2, 0) is 6.42 Å². The monoisotopic (exact) mass is 206 g/mol. The normalized spacial score (nSPS) is 12.8. The van der Waals surface area contributed by atoms with Gasteiger partial charge in [0.25, 0.3) is 0 Å². The zero-order chi connectivity index (χ0) is 10.5. The molecular weight excluding hydrogens is 196 g/mol. The highest BCUT2D eigenvalue weighted by Gasteiger charge is 2.22. The average Bonchev–Trinajstić information content (AvgIpc) is 2.88. The van der Waals surface area contributed by atoms with Crippen molar-refractivity contribution < 1.29 is 4.42 Å². The summed E-state index contributed by atoms with van der Waals surface area (Å²) in [5.74, 6) is 1.10. The number of hydrogen-bond acceptors (Lipinski definition) is 1. The molecule has 0 amide bonds. The fourth-order valence-electron chi connectivity index (χ4n) is 2.66. The standard InChI is InChI=1S/C15H10O/c1-2-4-12-10(3-1)5-6-11-9-14-13(15(11)12)7-8-16-14/h1-8H,9H2. The number of rotatable bonds is 0. The van der Waals surface area contributed by atoms with Crippen molar-refractivity contribution in [3.8, 4) is 11.1 Å². The van der Waals surface area contributed by atoms with E-state index in [2.05, 4.69) is 42.5 Å². The summed E-state index contributed by atoms with van der Waals surface area (Å²) in [6.45, 7) is 0. The van der Waals surface area contributed by atoms with Gasteiger partial charge in [-0.3, -0.25) is 0 Å². The third-order valence-electron chi connectivity index (χ3n) is 3.38. The highest BCUT2D eigenvalue weighted by Crippen LogP contribution is 2.41. The molecule has 0 radical (unpaired) electrons. The molecule has 4 rings (SSSR count). The summed E-state index contributed by atoms with van der Waals surface area (Å²) in [4.78, 5) is 0. The Morgan fingerprint density at radius 3 is 2.88 bits per heavy atom. The molecule has 2 aromatic carbocycles. The predicted octanol–water partition coefficient (Wildman–Crippen LogP) is 4.00. The molecule has 1 nitrogen and oxygen atoms in total. The summed E-state index contributed by atoms with van der Waals surface area (Å²) in [5, 5.41) is 2.63. The maximum Gasteiger partial charge on any atom is 0.115 e. The molecule has 1 heterocycles. The van der Waals surface area contributed by atoms with Gasteiger partial charge in [0.2, 0.25) is 0 Å². The zero-order valence-electron chi connectivity index (χ0n) is 8.73. The van der Waals surface area contributed by atoms with Gasteiger partial charge in [-0.2, -0.15) is 0 Å². The molecule has 0 saturated heterocycles. The van der Waals surface area contributed by atoms with Crippen molar-refractivity contribution >= 4 is 10.8 Å². The Labute approximate surface area is 93.3 Å². The van der Waals surface area contributed by atoms with Gasteiger partial charge in [-0.05, 0) is 28.0 Å². The second-order valence-electron chi connectivity index (χ2n) is 4.26. The predicted molar refractivity (Wildman–Crippen MR) is 64.5 cm³/mol. The lowest BCUT2D eigenvalue weighted by Gasteiger charge is -2.04. The fourth-order valence-corrected chi connectivity index (χ4v) is 2.66. The quantitative estimate of drug-likeness (QED) is 0.423. The summed E-state index contributed by atoms with van der Waals surface area (Å²) < 4.78 is 5.51. The van der Waals surface area contributed by atoms with E-state index in [1.165, 1.54) is 27.5 Å². The second-order valence-corrected chi connectivity index (χ2v) is 4.26. The molecule has 0 unspecified atom stereocenters. The first kappa shape index (κ1) is 8.17. The van der Waals surface area contributed by atoms with Gasteiger partial charge < -0.3 is 4.42 Å². The van der Waals surface area contributed by atoms with Gasteiger partial charge in [0.1, 0.15) is 5.76 Å². The van der Waals surface area contributed by atoms with E-state index in [9.17, 15) is 0 Å². The van der Waals surface area contributed by atoms with Gasteiger partial charge in [0, 0.05) is 12.0 Å². The summed E-state index contributed by atoms with van der Waals surface area (Å²) >= 11 is 0. The first-order chi connectivity index (χ1) is 7.93. The second kappa shape index (κ2) is 2.76. The molecule has 1 heteroatoms. The van der Waals surface area contributed by atoms with Crippen LogP contribution in [0.5, 0.6) is 0 Å². The van der Waals surface area contributed by atoms with Gasteiger partial charge in [0.05, 0.1) is 6.26 Å². The van der Waals surface area contributed by atoms with E-state index in [1.807, 2.05) is 0 Å². The molecule has 76 valence electrons. The number of furan rings is 1. The molecule has 0 fully saturated rings. The summed E-state index contributed by atoms with van der Waals surface area (Å²) in [6, 6.07) is 15.0. The molecule has 16 heavy (non-hydrogen) atoms. The Hall–Kier alpha value is -2.02. The minimum atomic E-state index is 0.933. The SMILES string of the molecule is c1ccc2c3c(ccc2c1)Cc1occc1-3. The molecule has 1 aromatic heterocycles. The van der Waals surface area contributed by atoms with Gasteiger partial charge in [-0.1, -0.05) is 36.4 Å². The van der Waals surface area contributed by atoms with E-state index < -0.39 is 0 Å². The van der Waals surface area contributed by atoms with Crippen LogP contribution in [0.15, 0.2) is 53.1 Å². The first-order valence-corrected chi connectivity index (χ1v) is 5.51. The lowest BCUT2D eigenvalue weighted by Crippen LogP contribution is -1.82. The largest absolute Gasteiger partial charge is 0.468 e. The molecule has 1 aliphatic carbocycles. The van der Waals surface area contributed by atoms with Crippen molar-refractivity contribution in [2.24, 2.45) is 0 Å². The molecule has 0 bridgehead atoms. The van der Waals surface area contributed by atoms with Crippen molar-refractivity contribution in [1.82, 2.24) is 0 Å². The van der Waals surface area contributed by atoms with E-state index >= 15 is 0 Å². The van der Waals surface area contributed by atoms with Crippen LogP contribution in [0.25, 0.3) is 21.9 Å². The van der Waals surface area contributed by atoms with E-state index in [0.717, 1.165) is 12.2 Å². The van der Waals surface area contributed by atoms with Gasteiger partial charge in [-0.25, -0.2) is 0 Å². The van der Waals surface area contributed by atoms with Crippen LogP contribution >= 0.6 is 0 Å². The highest BCUT2D eigenvalue weighted by molar-refractivity contribution is 6.00. The van der Waals surface area contributed by atoms with Gasteiger partial charge in [0.15, 0.2) is 0 Å². The van der Waals surface area contributed by atoms with Crippen LogP contribution in [0.4, 0.5) is 0 Å². The molecular formula is C15H10O. The molecule has 1 aliphatic rings. The Bertz CT molecular complexity index is 691. The third kappa shape index (κ3) is 0.904. The van der Waals surface area contributed by atoms with Crippen LogP contribution in [0.1, 0.15) is 11.3 Å². The molecule has 0 spiro atoms. The lowest BCUT2D eigenvalue weighted by atomic mass is 9.99. The Balaban J connectivity index is 2.20. The fraction of sp³-hybridized carbons (Fsp3) is 0.0667. The van der Waals surface area contributed by atoms with Gasteiger partial charge in [-0.15, -0.1) is 0 Å². The average molecular weight is 206 g/mol. The Morgan fingerprint density at radius 1 is 0.938 bits per heavy atom. The molecule has 0 atom stereocenters. The van der Waals surface area contributed by atoms with Crippen molar-refractivity contribution in [2.45, 2.75) is 6.42 Å². The number of benzene rings is 2. The summed E-state index contributed by atoms with van der Waals surface area (Å²) in [7, 11) is 0. The van der Waals surface area contributed by atoms with Crippen LogP contribution in [-0.4, -0.2) is 0 Å². The smallest absolute Gasteiger partial charge is 0.115 e. The zero-order valence-corrected chi connectivity index (χ0v) is 8.73. The van der Waals surface area contributed by atoms with Crippen molar-refractivity contribution in [2.75, 3.05) is 0 Å². The third-order valence-corrected chi connectivity index (χ3v) is 3.38. The molecule has 0 aliphatic heterocycles. The highest BCUT2D eigenvalue weighted by atomic mass is 16.3. The maximum absolute atomic E-state index is 5.51. The number of hydrogen-bond donors (Lipinski definition) is 0.